The number of ether oxygens (including phenoxy) is 1. The van der Waals surface area contributed by atoms with Crippen molar-refractivity contribution in [3.05, 3.63) is 52.9 Å². The Morgan fingerprint density at radius 2 is 2.00 bits per heavy atom. The third-order valence-corrected chi connectivity index (χ3v) is 2.76. The molecule has 0 spiro atoms. The first-order valence-corrected chi connectivity index (χ1v) is 5.95. The van der Waals surface area contributed by atoms with Crippen molar-refractivity contribution in [2.45, 2.75) is 6.42 Å². The van der Waals surface area contributed by atoms with Crippen molar-refractivity contribution in [2.75, 3.05) is 7.11 Å². The Kier molecular flexibility index (Phi) is 4.12. The standard InChI is InChI=1S/C14H11ClFNO2/c1-19-14(18)8-9-6-12(17-13(15)7-9)10-2-4-11(16)5-3-10/h2-7H,8H2,1H3. The fourth-order valence-electron chi connectivity index (χ4n) is 1.66. The van der Waals surface area contributed by atoms with E-state index in [1.165, 1.54) is 19.2 Å². The number of nitrogens with zero attached hydrogens (tertiary/aromatic N) is 1. The van der Waals surface area contributed by atoms with Gasteiger partial charge in [-0.25, -0.2) is 9.37 Å². The van der Waals surface area contributed by atoms with Gasteiger partial charge in [-0.15, -0.1) is 0 Å². The van der Waals surface area contributed by atoms with E-state index in [9.17, 15) is 9.18 Å². The quantitative estimate of drug-likeness (QED) is 0.639. The zero-order chi connectivity index (χ0) is 13.8. The topological polar surface area (TPSA) is 39.2 Å². The molecule has 19 heavy (non-hydrogen) atoms. The van der Waals surface area contributed by atoms with E-state index in [2.05, 4.69) is 9.72 Å². The van der Waals surface area contributed by atoms with Gasteiger partial charge in [0.15, 0.2) is 0 Å². The minimum atomic E-state index is -0.354. The van der Waals surface area contributed by atoms with E-state index < -0.39 is 0 Å². The fourth-order valence-corrected chi connectivity index (χ4v) is 1.89. The number of esters is 1. The molecule has 1 heterocycles. The number of pyridine rings is 1. The van der Waals surface area contributed by atoms with Crippen molar-refractivity contribution >= 4 is 17.6 Å². The molecule has 0 N–H and O–H groups in total. The lowest BCUT2D eigenvalue weighted by atomic mass is 10.1. The zero-order valence-corrected chi connectivity index (χ0v) is 10.9. The molecule has 98 valence electrons. The van der Waals surface area contributed by atoms with E-state index in [1.54, 1.807) is 24.3 Å². The number of benzene rings is 1. The van der Waals surface area contributed by atoms with Gasteiger partial charge in [-0.2, -0.15) is 0 Å². The smallest absolute Gasteiger partial charge is 0.309 e. The third kappa shape index (κ3) is 3.51. The summed E-state index contributed by atoms with van der Waals surface area (Å²) in [5.41, 5.74) is 2.02. The molecular weight excluding hydrogens is 269 g/mol. The first kappa shape index (κ1) is 13.5. The Morgan fingerprint density at radius 3 is 2.63 bits per heavy atom. The van der Waals surface area contributed by atoms with E-state index in [4.69, 9.17) is 11.6 Å². The number of rotatable bonds is 3. The molecule has 2 aromatic rings. The van der Waals surface area contributed by atoms with Crippen LogP contribution in [0, 0.1) is 5.82 Å². The Morgan fingerprint density at radius 1 is 1.32 bits per heavy atom. The van der Waals surface area contributed by atoms with Crippen LogP contribution in [0.3, 0.4) is 0 Å². The second kappa shape index (κ2) is 5.80. The Hall–Kier alpha value is -1.94. The molecule has 1 aromatic heterocycles. The number of hydrogen-bond acceptors (Lipinski definition) is 3. The molecule has 0 amide bonds. The van der Waals surface area contributed by atoms with Gasteiger partial charge in [0.2, 0.25) is 0 Å². The van der Waals surface area contributed by atoms with E-state index in [0.29, 0.717) is 11.3 Å². The minimum absolute atomic E-state index is 0.118. The predicted molar refractivity (Wildman–Crippen MR) is 70.4 cm³/mol. The molecule has 0 aliphatic rings. The average Bonchev–Trinajstić information content (AvgIpc) is 2.38. The summed E-state index contributed by atoms with van der Waals surface area (Å²) in [6.45, 7) is 0. The highest BCUT2D eigenvalue weighted by Gasteiger charge is 2.08. The van der Waals surface area contributed by atoms with Gasteiger partial charge in [0.25, 0.3) is 0 Å². The SMILES string of the molecule is COC(=O)Cc1cc(Cl)nc(-c2ccc(F)cc2)c1. The van der Waals surface area contributed by atoms with Gasteiger partial charge in [0.1, 0.15) is 11.0 Å². The van der Waals surface area contributed by atoms with Crippen LogP contribution in [-0.4, -0.2) is 18.1 Å². The summed E-state index contributed by atoms with van der Waals surface area (Å²) in [7, 11) is 1.33. The molecule has 1 aromatic carbocycles. The summed E-state index contributed by atoms with van der Waals surface area (Å²) in [5.74, 6) is -0.673. The van der Waals surface area contributed by atoms with Crippen molar-refractivity contribution in [1.82, 2.24) is 4.98 Å². The van der Waals surface area contributed by atoms with Gasteiger partial charge in [-0.1, -0.05) is 11.6 Å². The Labute approximate surface area is 115 Å². The molecule has 2 rings (SSSR count). The molecule has 0 aliphatic carbocycles. The summed E-state index contributed by atoms with van der Waals surface area (Å²) < 4.78 is 17.5. The number of carbonyl (C=O) groups excluding carboxylic acids is 1. The highest BCUT2D eigenvalue weighted by Crippen LogP contribution is 2.22. The van der Waals surface area contributed by atoms with Crippen LogP contribution in [-0.2, 0) is 16.0 Å². The summed E-state index contributed by atoms with van der Waals surface area (Å²) >= 11 is 5.92. The number of methoxy groups -OCH3 is 1. The van der Waals surface area contributed by atoms with Crippen LogP contribution in [0.25, 0.3) is 11.3 Å². The first-order chi connectivity index (χ1) is 9.08. The van der Waals surface area contributed by atoms with Crippen molar-refractivity contribution in [2.24, 2.45) is 0 Å². The van der Waals surface area contributed by atoms with Crippen LogP contribution in [0.1, 0.15) is 5.56 Å². The van der Waals surface area contributed by atoms with Crippen LogP contribution in [0.4, 0.5) is 4.39 Å². The Bertz CT molecular complexity index is 599. The molecule has 5 heteroatoms. The lowest BCUT2D eigenvalue weighted by Crippen LogP contribution is -2.05. The molecule has 0 saturated heterocycles. The largest absolute Gasteiger partial charge is 0.469 e. The van der Waals surface area contributed by atoms with Gasteiger partial charge >= 0.3 is 5.97 Å². The first-order valence-electron chi connectivity index (χ1n) is 5.57. The zero-order valence-electron chi connectivity index (χ0n) is 10.2. The number of halogens is 2. The van der Waals surface area contributed by atoms with Gasteiger partial charge in [0, 0.05) is 5.56 Å². The molecule has 0 aliphatic heterocycles. The highest BCUT2D eigenvalue weighted by atomic mass is 35.5. The number of hydrogen-bond donors (Lipinski definition) is 0. The van der Waals surface area contributed by atoms with Crippen LogP contribution in [0.5, 0.6) is 0 Å². The van der Waals surface area contributed by atoms with Gasteiger partial charge in [0.05, 0.1) is 19.2 Å². The van der Waals surface area contributed by atoms with E-state index in [-0.39, 0.29) is 23.4 Å². The molecule has 3 nitrogen and oxygen atoms in total. The summed E-state index contributed by atoms with van der Waals surface area (Å²) in [4.78, 5) is 15.4. The van der Waals surface area contributed by atoms with Crippen molar-refractivity contribution < 1.29 is 13.9 Å². The fraction of sp³-hybridized carbons (Fsp3) is 0.143. The lowest BCUT2D eigenvalue weighted by Gasteiger charge is -2.05. The van der Waals surface area contributed by atoms with Crippen LogP contribution >= 0.6 is 11.6 Å². The average molecular weight is 280 g/mol. The van der Waals surface area contributed by atoms with Gasteiger partial charge < -0.3 is 4.74 Å². The number of carbonyl (C=O) groups is 1. The maximum absolute atomic E-state index is 12.9. The molecule has 0 fully saturated rings. The summed E-state index contributed by atoms with van der Waals surface area (Å²) in [6, 6.07) is 9.24. The van der Waals surface area contributed by atoms with Crippen molar-refractivity contribution in [3.8, 4) is 11.3 Å². The monoisotopic (exact) mass is 279 g/mol. The van der Waals surface area contributed by atoms with E-state index in [0.717, 1.165) is 5.56 Å². The van der Waals surface area contributed by atoms with Gasteiger partial charge in [-0.3, -0.25) is 4.79 Å². The summed E-state index contributed by atoms with van der Waals surface area (Å²) in [6.07, 6.45) is 0.118. The molecule has 0 unspecified atom stereocenters. The van der Waals surface area contributed by atoms with E-state index >= 15 is 0 Å². The molecule has 0 bridgehead atoms. The summed E-state index contributed by atoms with van der Waals surface area (Å²) in [5, 5.41) is 0.278. The van der Waals surface area contributed by atoms with Crippen LogP contribution in [0.2, 0.25) is 5.15 Å². The maximum Gasteiger partial charge on any atom is 0.309 e. The Balaban J connectivity index is 2.35. The second-order valence-corrected chi connectivity index (χ2v) is 4.33. The molecule has 0 radical (unpaired) electrons. The third-order valence-electron chi connectivity index (χ3n) is 2.57. The predicted octanol–water partition coefficient (Wildman–Crippen LogP) is 3.26. The van der Waals surface area contributed by atoms with Crippen LogP contribution < -0.4 is 0 Å². The van der Waals surface area contributed by atoms with Crippen molar-refractivity contribution in [3.63, 3.8) is 0 Å². The lowest BCUT2D eigenvalue weighted by molar-refractivity contribution is -0.139. The number of aromatic nitrogens is 1. The maximum atomic E-state index is 12.9. The molecule has 0 saturated carbocycles. The normalized spacial score (nSPS) is 10.3. The minimum Gasteiger partial charge on any atom is -0.469 e. The molecular formula is C14H11ClFNO2. The van der Waals surface area contributed by atoms with Gasteiger partial charge in [-0.05, 0) is 42.0 Å². The highest BCUT2D eigenvalue weighted by molar-refractivity contribution is 6.29. The van der Waals surface area contributed by atoms with E-state index in [1.807, 2.05) is 0 Å². The van der Waals surface area contributed by atoms with Crippen molar-refractivity contribution in [1.29, 1.82) is 0 Å². The second-order valence-electron chi connectivity index (χ2n) is 3.94. The van der Waals surface area contributed by atoms with Crippen LogP contribution in [0.15, 0.2) is 36.4 Å². The molecule has 0 atom stereocenters.